The number of methoxy groups -OCH3 is 2. The van der Waals surface area contributed by atoms with Gasteiger partial charge in [0.25, 0.3) is 5.91 Å². The molecule has 2 unspecified atom stereocenters. The Balaban J connectivity index is 1.69. The number of fused-ring (bicyclic) bond motifs is 1. The zero-order valence-electron chi connectivity index (χ0n) is 16.7. The Bertz CT molecular complexity index is 860. The van der Waals surface area contributed by atoms with E-state index in [1.54, 1.807) is 19.1 Å². The summed E-state index contributed by atoms with van der Waals surface area (Å²) in [6.45, 7) is 0.640. The van der Waals surface area contributed by atoms with Crippen molar-refractivity contribution in [2.24, 2.45) is 0 Å². The van der Waals surface area contributed by atoms with Crippen LogP contribution in [-0.4, -0.2) is 61.0 Å². The van der Waals surface area contributed by atoms with E-state index in [2.05, 4.69) is 4.98 Å². The van der Waals surface area contributed by atoms with Crippen LogP contribution in [0.2, 0.25) is 0 Å². The number of ether oxygens (including phenoxy) is 3. The van der Waals surface area contributed by atoms with Crippen molar-refractivity contribution in [3.8, 4) is 11.5 Å². The van der Waals surface area contributed by atoms with Crippen LogP contribution < -0.4 is 9.47 Å². The van der Waals surface area contributed by atoms with Gasteiger partial charge in [0.1, 0.15) is 6.10 Å². The molecule has 2 atom stereocenters. The van der Waals surface area contributed by atoms with Crippen molar-refractivity contribution in [2.45, 2.75) is 37.8 Å². The summed E-state index contributed by atoms with van der Waals surface area (Å²) >= 11 is 1.51. The van der Waals surface area contributed by atoms with Crippen LogP contribution in [0.4, 0.5) is 0 Å². The summed E-state index contributed by atoms with van der Waals surface area (Å²) < 4.78 is 16.5. The summed E-state index contributed by atoms with van der Waals surface area (Å²) in [5.74, 6) is 1.08. The van der Waals surface area contributed by atoms with Gasteiger partial charge in [0.2, 0.25) is 0 Å². The van der Waals surface area contributed by atoms with Crippen molar-refractivity contribution in [3.05, 3.63) is 39.3 Å². The zero-order valence-corrected chi connectivity index (χ0v) is 17.5. The van der Waals surface area contributed by atoms with Crippen LogP contribution in [0.25, 0.3) is 0 Å². The molecule has 1 N–H and O–H groups in total. The maximum absolute atomic E-state index is 13.4. The number of hydrogen-bond donors (Lipinski definition) is 1. The monoisotopic (exact) mass is 418 g/mol. The van der Waals surface area contributed by atoms with E-state index in [-0.39, 0.29) is 12.5 Å². The van der Waals surface area contributed by atoms with Crippen molar-refractivity contribution >= 4 is 17.2 Å². The Kier molecular flexibility index (Phi) is 6.03. The molecule has 0 saturated carbocycles. The van der Waals surface area contributed by atoms with E-state index >= 15 is 0 Å². The molecule has 1 fully saturated rings. The van der Waals surface area contributed by atoms with Crippen molar-refractivity contribution in [2.75, 3.05) is 34.0 Å². The third kappa shape index (κ3) is 3.84. The lowest BCUT2D eigenvalue weighted by Crippen LogP contribution is -2.49. The van der Waals surface area contributed by atoms with E-state index in [1.165, 1.54) is 16.2 Å². The highest BCUT2D eigenvalue weighted by atomic mass is 32.1. The van der Waals surface area contributed by atoms with E-state index in [9.17, 15) is 9.90 Å². The van der Waals surface area contributed by atoms with Gasteiger partial charge in [-0.3, -0.25) is 4.79 Å². The van der Waals surface area contributed by atoms with Gasteiger partial charge in [0.15, 0.2) is 16.5 Å². The number of aliphatic hydroxyl groups excluding tert-OH is 1. The smallest absolute Gasteiger partial charge is 0.283 e. The minimum atomic E-state index is -0.514. The number of morpholine rings is 1. The molecule has 1 amide bonds. The topological polar surface area (TPSA) is 81.1 Å². The Labute approximate surface area is 174 Å². The number of amides is 1. The molecule has 1 aromatic carbocycles. The average Bonchev–Trinajstić information content (AvgIpc) is 3.21. The van der Waals surface area contributed by atoms with E-state index < -0.39 is 12.1 Å². The normalized spacial score (nSPS) is 21.6. The number of aromatic nitrogens is 1. The van der Waals surface area contributed by atoms with E-state index in [4.69, 9.17) is 14.2 Å². The number of carbonyl (C=O) groups excluding carboxylic acids is 1. The van der Waals surface area contributed by atoms with Crippen LogP contribution >= 0.6 is 11.3 Å². The Morgan fingerprint density at radius 1 is 1.28 bits per heavy atom. The number of rotatable bonds is 5. The molecular formula is C21H26N2O5S. The molecule has 8 heteroatoms. The molecule has 1 aromatic heterocycles. The van der Waals surface area contributed by atoms with Gasteiger partial charge in [-0.25, -0.2) is 4.98 Å². The first-order valence-corrected chi connectivity index (χ1v) is 10.7. The number of aryl methyl sites for hydroxylation is 2. The first-order chi connectivity index (χ1) is 14.2. The molecule has 1 aliphatic carbocycles. The molecule has 156 valence electrons. The molecule has 2 heterocycles. The fourth-order valence-electron chi connectivity index (χ4n) is 4.11. The molecule has 0 spiro atoms. The van der Waals surface area contributed by atoms with E-state index in [0.29, 0.717) is 29.7 Å². The lowest BCUT2D eigenvalue weighted by molar-refractivity contribution is -0.0811. The number of carbonyl (C=O) groups is 1. The number of hydrogen-bond acceptors (Lipinski definition) is 7. The predicted octanol–water partition coefficient (Wildman–Crippen LogP) is 2.61. The summed E-state index contributed by atoms with van der Waals surface area (Å²) in [6, 6.07) is 5.11. The fourth-order valence-corrected chi connectivity index (χ4v) is 5.22. The second-order valence-corrected chi connectivity index (χ2v) is 8.33. The summed E-state index contributed by atoms with van der Waals surface area (Å²) in [4.78, 5) is 21.1. The Morgan fingerprint density at radius 3 is 2.79 bits per heavy atom. The van der Waals surface area contributed by atoms with Crippen molar-refractivity contribution < 1.29 is 24.1 Å². The lowest BCUT2D eigenvalue weighted by atomic mass is 9.97. The Hall–Kier alpha value is -2.16. The summed E-state index contributed by atoms with van der Waals surface area (Å²) in [7, 11) is 3.16. The minimum Gasteiger partial charge on any atom is -0.493 e. The van der Waals surface area contributed by atoms with Crippen molar-refractivity contribution in [3.63, 3.8) is 0 Å². The molecular weight excluding hydrogens is 392 g/mol. The maximum Gasteiger partial charge on any atom is 0.283 e. The van der Waals surface area contributed by atoms with Gasteiger partial charge >= 0.3 is 0 Å². The van der Waals surface area contributed by atoms with E-state index in [0.717, 1.165) is 36.9 Å². The van der Waals surface area contributed by atoms with Crippen LogP contribution in [0, 0.1) is 0 Å². The highest BCUT2D eigenvalue weighted by Crippen LogP contribution is 2.37. The molecule has 0 bridgehead atoms. The number of nitrogens with zero attached hydrogens (tertiary/aromatic N) is 2. The fraction of sp³-hybridized carbons (Fsp3) is 0.524. The molecule has 29 heavy (non-hydrogen) atoms. The lowest BCUT2D eigenvalue weighted by Gasteiger charge is -2.40. The summed E-state index contributed by atoms with van der Waals surface area (Å²) in [5.41, 5.74) is 1.90. The number of benzene rings is 1. The summed E-state index contributed by atoms with van der Waals surface area (Å²) in [5, 5.41) is 10.4. The van der Waals surface area contributed by atoms with Crippen LogP contribution in [0.3, 0.4) is 0 Å². The standard InChI is InChI=1S/C21H26N2O5S/c1-26-15-8-7-13(11-16(15)27-2)19-17(12-24)28-10-9-23(19)21(25)20-22-14-5-3-4-6-18(14)29-20/h7-8,11,17,19,24H,3-6,9-10,12H2,1-2H3. The minimum absolute atomic E-state index is 0.106. The van der Waals surface area contributed by atoms with E-state index in [1.807, 2.05) is 18.2 Å². The second-order valence-electron chi connectivity index (χ2n) is 7.25. The van der Waals surface area contributed by atoms with Gasteiger partial charge < -0.3 is 24.2 Å². The molecule has 1 saturated heterocycles. The number of aliphatic hydroxyl groups is 1. The van der Waals surface area contributed by atoms with Gasteiger partial charge in [-0.05, 0) is 43.4 Å². The highest BCUT2D eigenvalue weighted by molar-refractivity contribution is 7.13. The molecule has 0 radical (unpaired) electrons. The predicted molar refractivity (Wildman–Crippen MR) is 109 cm³/mol. The van der Waals surface area contributed by atoms with Crippen LogP contribution in [0.5, 0.6) is 11.5 Å². The Morgan fingerprint density at radius 2 is 2.07 bits per heavy atom. The zero-order chi connectivity index (χ0) is 20.4. The van der Waals surface area contributed by atoms with Gasteiger partial charge in [-0.15, -0.1) is 11.3 Å². The van der Waals surface area contributed by atoms with Gasteiger partial charge in [0.05, 0.1) is 39.2 Å². The van der Waals surface area contributed by atoms with Crippen molar-refractivity contribution in [1.29, 1.82) is 0 Å². The quantitative estimate of drug-likeness (QED) is 0.804. The third-order valence-corrected chi connectivity index (χ3v) is 6.72. The van der Waals surface area contributed by atoms with Gasteiger partial charge in [-0.1, -0.05) is 6.07 Å². The van der Waals surface area contributed by atoms with Gasteiger partial charge in [-0.2, -0.15) is 0 Å². The highest BCUT2D eigenvalue weighted by Gasteiger charge is 2.38. The van der Waals surface area contributed by atoms with Crippen LogP contribution in [0.1, 0.15) is 44.8 Å². The number of thiazole rings is 1. The molecule has 2 aliphatic rings. The first kappa shape index (κ1) is 20.1. The largest absolute Gasteiger partial charge is 0.493 e. The van der Waals surface area contributed by atoms with Crippen molar-refractivity contribution in [1.82, 2.24) is 9.88 Å². The molecule has 4 rings (SSSR count). The SMILES string of the molecule is COc1ccc(C2C(CO)OCCN2C(=O)c2nc3c(s2)CCCC3)cc1OC. The maximum atomic E-state index is 13.4. The molecule has 7 nitrogen and oxygen atoms in total. The van der Waals surface area contributed by atoms with Crippen LogP contribution in [-0.2, 0) is 17.6 Å². The first-order valence-electron chi connectivity index (χ1n) is 9.90. The van der Waals surface area contributed by atoms with Gasteiger partial charge in [0, 0.05) is 11.4 Å². The second kappa shape index (κ2) is 8.69. The average molecular weight is 419 g/mol. The molecule has 2 aromatic rings. The molecule has 1 aliphatic heterocycles. The third-order valence-electron chi connectivity index (χ3n) is 5.57. The summed E-state index contributed by atoms with van der Waals surface area (Å²) in [6.07, 6.45) is 3.72. The van der Waals surface area contributed by atoms with Crippen LogP contribution in [0.15, 0.2) is 18.2 Å².